The van der Waals surface area contributed by atoms with Gasteiger partial charge in [0.15, 0.2) is 0 Å². The normalized spacial score (nSPS) is 15.0. The summed E-state index contributed by atoms with van der Waals surface area (Å²) in [7, 11) is 0. The molecule has 0 bridgehead atoms. The predicted octanol–water partition coefficient (Wildman–Crippen LogP) is 2.75. The Labute approximate surface area is 151 Å². The highest BCUT2D eigenvalue weighted by atomic mass is 32.1. The second-order valence-electron chi connectivity index (χ2n) is 6.07. The molecular formula is C18H22N4O2S. The number of piperidine rings is 1. The molecule has 132 valence electrons. The Hall–Kier alpha value is -2.41. The number of carbonyl (C=O) groups is 2. The average molecular weight is 358 g/mol. The van der Waals surface area contributed by atoms with Gasteiger partial charge in [0.25, 0.3) is 0 Å². The lowest BCUT2D eigenvalue weighted by Gasteiger charge is -2.31. The average Bonchev–Trinajstić information content (AvgIpc) is 3.15. The molecule has 3 heterocycles. The molecule has 0 radical (unpaired) electrons. The van der Waals surface area contributed by atoms with Crippen molar-refractivity contribution in [3.63, 3.8) is 0 Å². The highest BCUT2D eigenvalue weighted by molar-refractivity contribution is 7.14. The molecule has 25 heavy (non-hydrogen) atoms. The van der Waals surface area contributed by atoms with E-state index in [0.29, 0.717) is 32.5 Å². The van der Waals surface area contributed by atoms with Crippen LogP contribution in [0.3, 0.4) is 0 Å². The Morgan fingerprint density at radius 1 is 1.20 bits per heavy atom. The van der Waals surface area contributed by atoms with Crippen LogP contribution in [-0.4, -0.2) is 41.5 Å². The lowest BCUT2D eigenvalue weighted by molar-refractivity contribution is -0.126. The van der Waals surface area contributed by atoms with Crippen molar-refractivity contribution in [2.75, 3.05) is 25.0 Å². The van der Waals surface area contributed by atoms with Gasteiger partial charge in [-0.2, -0.15) is 0 Å². The van der Waals surface area contributed by atoms with Gasteiger partial charge in [-0.15, -0.1) is 11.3 Å². The molecule has 1 aliphatic heterocycles. The molecule has 6 nitrogen and oxygen atoms in total. The topological polar surface area (TPSA) is 74.3 Å². The van der Waals surface area contributed by atoms with Crippen molar-refractivity contribution >= 4 is 28.3 Å². The first-order valence-corrected chi connectivity index (χ1v) is 9.36. The van der Waals surface area contributed by atoms with Crippen molar-refractivity contribution in [3.05, 3.63) is 47.6 Å². The first-order chi connectivity index (χ1) is 12.2. The molecule has 3 rings (SSSR count). The summed E-state index contributed by atoms with van der Waals surface area (Å²) in [4.78, 5) is 30.2. The molecule has 2 N–H and O–H groups in total. The van der Waals surface area contributed by atoms with E-state index in [9.17, 15) is 9.59 Å². The number of pyridine rings is 1. The summed E-state index contributed by atoms with van der Waals surface area (Å²) in [5, 5.41) is 8.67. The third-order valence-corrected chi connectivity index (χ3v) is 5.15. The third-order valence-electron chi connectivity index (χ3n) is 4.37. The van der Waals surface area contributed by atoms with Crippen LogP contribution in [0.5, 0.6) is 0 Å². The highest BCUT2D eigenvalue weighted by Crippen LogP contribution is 2.20. The zero-order chi connectivity index (χ0) is 17.5. The van der Waals surface area contributed by atoms with E-state index in [1.54, 1.807) is 17.3 Å². The van der Waals surface area contributed by atoms with Gasteiger partial charge in [0.1, 0.15) is 0 Å². The quantitative estimate of drug-likeness (QED) is 0.863. The van der Waals surface area contributed by atoms with Gasteiger partial charge < -0.3 is 10.2 Å². The SMILES string of the molecule is O=C(NCCc1ccncc1)C1CCN(C(=O)Nc2cccs2)CC1. The minimum atomic E-state index is -0.0843. The summed E-state index contributed by atoms with van der Waals surface area (Å²) in [6.45, 7) is 1.85. The van der Waals surface area contributed by atoms with Gasteiger partial charge in [-0.25, -0.2) is 4.79 Å². The second-order valence-corrected chi connectivity index (χ2v) is 7.01. The van der Waals surface area contributed by atoms with E-state index >= 15 is 0 Å². The van der Waals surface area contributed by atoms with Crippen molar-refractivity contribution in [1.29, 1.82) is 0 Å². The number of nitrogens with one attached hydrogen (secondary N) is 2. The number of carbonyl (C=O) groups excluding carboxylic acids is 2. The Bertz CT molecular complexity index is 682. The molecule has 1 fully saturated rings. The van der Waals surface area contributed by atoms with Crippen LogP contribution < -0.4 is 10.6 Å². The van der Waals surface area contributed by atoms with Crippen LogP contribution in [0, 0.1) is 5.92 Å². The van der Waals surface area contributed by atoms with E-state index in [2.05, 4.69) is 15.6 Å². The molecule has 0 aliphatic carbocycles. The number of thiophene rings is 1. The maximum Gasteiger partial charge on any atom is 0.322 e. The van der Waals surface area contributed by atoms with E-state index < -0.39 is 0 Å². The van der Waals surface area contributed by atoms with Gasteiger partial charge >= 0.3 is 6.03 Å². The number of anilines is 1. The van der Waals surface area contributed by atoms with E-state index in [0.717, 1.165) is 17.0 Å². The molecule has 0 atom stereocenters. The maximum atomic E-state index is 12.3. The summed E-state index contributed by atoms with van der Waals surface area (Å²) in [6, 6.07) is 7.61. The van der Waals surface area contributed by atoms with Crippen molar-refractivity contribution in [2.24, 2.45) is 5.92 Å². The van der Waals surface area contributed by atoms with Crippen molar-refractivity contribution < 1.29 is 9.59 Å². The van der Waals surface area contributed by atoms with Gasteiger partial charge in [-0.05, 0) is 54.5 Å². The molecule has 3 amide bonds. The minimum absolute atomic E-state index is 0.0109. The number of aromatic nitrogens is 1. The number of hydrogen-bond donors (Lipinski definition) is 2. The molecule has 0 spiro atoms. The Balaban J connectivity index is 1.38. The lowest BCUT2D eigenvalue weighted by atomic mass is 9.96. The second kappa shape index (κ2) is 8.62. The summed E-state index contributed by atoms with van der Waals surface area (Å²) in [6.07, 6.45) is 5.73. The fourth-order valence-corrected chi connectivity index (χ4v) is 3.51. The van der Waals surface area contributed by atoms with Crippen LogP contribution in [0.1, 0.15) is 18.4 Å². The maximum absolute atomic E-state index is 12.3. The zero-order valence-electron chi connectivity index (χ0n) is 14.0. The van der Waals surface area contributed by atoms with Gasteiger partial charge in [0.2, 0.25) is 5.91 Å². The first-order valence-electron chi connectivity index (χ1n) is 8.48. The largest absolute Gasteiger partial charge is 0.356 e. The number of nitrogens with zero attached hydrogens (tertiary/aromatic N) is 2. The van der Waals surface area contributed by atoms with E-state index in [1.807, 2.05) is 29.6 Å². The summed E-state index contributed by atoms with van der Waals surface area (Å²) >= 11 is 1.50. The van der Waals surface area contributed by atoms with Gasteiger partial charge in [-0.1, -0.05) is 0 Å². The standard InChI is InChI=1S/C18H22N4O2S/c23-17(20-10-5-14-3-8-19-9-4-14)15-6-11-22(12-7-15)18(24)21-16-2-1-13-25-16/h1-4,8-9,13,15H,5-7,10-12H2,(H,20,23)(H,21,24). The fraction of sp³-hybridized carbons (Fsp3) is 0.389. The highest BCUT2D eigenvalue weighted by Gasteiger charge is 2.27. The van der Waals surface area contributed by atoms with Crippen LogP contribution >= 0.6 is 11.3 Å². The predicted molar refractivity (Wildman–Crippen MR) is 98.6 cm³/mol. The summed E-state index contributed by atoms with van der Waals surface area (Å²) in [5.41, 5.74) is 1.16. The smallest absolute Gasteiger partial charge is 0.322 e. The van der Waals surface area contributed by atoms with Crippen LogP contribution in [-0.2, 0) is 11.2 Å². The van der Waals surface area contributed by atoms with E-state index in [1.165, 1.54) is 11.3 Å². The third kappa shape index (κ3) is 5.03. The van der Waals surface area contributed by atoms with Crippen LogP contribution in [0.4, 0.5) is 9.80 Å². The molecule has 7 heteroatoms. The summed E-state index contributed by atoms with van der Waals surface area (Å²) in [5.74, 6) is 0.0793. The Kier molecular flexibility index (Phi) is 6.00. The van der Waals surface area contributed by atoms with Gasteiger partial charge in [0.05, 0.1) is 5.00 Å². The molecule has 2 aromatic rings. The molecule has 0 aromatic carbocycles. The fourth-order valence-electron chi connectivity index (χ4n) is 2.90. The van der Waals surface area contributed by atoms with Crippen molar-refractivity contribution in [2.45, 2.75) is 19.3 Å². The summed E-state index contributed by atoms with van der Waals surface area (Å²) < 4.78 is 0. The number of amides is 3. The molecule has 1 aliphatic rings. The van der Waals surface area contributed by atoms with Crippen LogP contribution in [0.15, 0.2) is 42.0 Å². The van der Waals surface area contributed by atoms with Gasteiger partial charge in [-0.3, -0.25) is 15.1 Å². The van der Waals surface area contributed by atoms with E-state index in [-0.39, 0.29) is 17.9 Å². The zero-order valence-corrected chi connectivity index (χ0v) is 14.8. The van der Waals surface area contributed by atoms with Gasteiger partial charge in [0, 0.05) is 37.9 Å². The number of hydrogen-bond acceptors (Lipinski definition) is 4. The monoisotopic (exact) mass is 358 g/mol. The molecule has 0 saturated carbocycles. The Morgan fingerprint density at radius 2 is 1.96 bits per heavy atom. The molecule has 0 unspecified atom stereocenters. The Morgan fingerprint density at radius 3 is 2.64 bits per heavy atom. The van der Waals surface area contributed by atoms with Crippen molar-refractivity contribution in [1.82, 2.24) is 15.2 Å². The molecule has 2 aromatic heterocycles. The minimum Gasteiger partial charge on any atom is -0.356 e. The lowest BCUT2D eigenvalue weighted by Crippen LogP contribution is -2.44. The number of urea groups is 1. The van der Waals surface area contributed by atoms with Crippen LogP contribution in [0.25, 0.3) is 0 Å². The number of rotatable bonds is 5. The number of likely N-dealkylation sites (tertiary alicyclic amines) is 1. The van der Waals surface area contributed by atoms with Crippen molar-refractivity contribution in [3.8, 4) is 0 Å². The first kappa shape index (κ1) is 17.4. The van der Waals surface area contributed by atoms with E-state index in [4.69, 9.17) is 0 Å². The molecule has 1 saturated heterocycles. The van der Waals surface area contributed by atoms with Crippen LogP contribution in [0.2, 0.25) is 0 Å². The molecular weight excluding hydrogens is 336 g/mol.